The molecule has 0 atom stereocenters. The molecule has 0 radical (unpaired) electrons. The van der Waals surface area contributed by atoms with Gasteiger partial charge >= 0.3 is 0 Å². The normalized spacial score (nSPS) is 10.6. The fourth-order valence-corrected chi connectivity index (χ4v) is 6.12. The van der Waals surface area contributed by atoms with E-state index in [1.54, 1.807) is 36.4 Å². The molecule has 206 valence electrons. The molecule has 5 nitrogen and oxygen atoms in total. The van der Waals surface area contributed by atoms with Crippen molar-refractivity contribution in [2.75, 3.05) is 0 Å². The summed E-state index contributed by atoms with van der Waals surface area (Å²) in [4.78, 5) is 3.70. The Morgan fingerprint density at radius 3 is 1.73 bits per heavy atom. The first kappa shape index (κ1) is 26.9. The lowest BCUT2D eigenvalue weighted by Gasteiger charge is -2.12. The lowest BCUT2D eigenvalue weighted by Crippen LogP contribution is -1.95. The van der Waals surface area contributed by atoms with Crippen LogP contribution in [0.15, 0.2) is 127 Å². The molecule has 0 aliphatic rings. The Labute approximate surface area is 260 Å². The Kier molecular flexibility index (Phi) is 6.62. The van der Waals surface area contributed by atoms with Crippen LogP contribution in [0.3, 0.4) is 0 Å². The molecule has 0 amide bonds. The van der Waals surface area contributed by atoms with Gasteiger partial charge in [-0.2, -0.15) is 15.8 Å². The predicted molar refractivity (Wildman–Crippen MR) is 177 cm³/mol. The average Bonchev–Trinajstić information content (AvgIpc) is 3.44. The van der Waals surface area contributed by atoms with Crippen molar-refractivity contribution >= 4 is 27.5 Å². The summed E-state index contributed by atoms with van der Waals surface area (Å²) in [5.41, 5.74) is 9.55. The van der Waals surface area contributed by atoms with Gasteiger partial charge in [-0.15, -0.1) is 0 Å². The van der Waals surface area contributed by atoms with E-state index in [4.69, 9.17) is 6.57 Å². The molecule has 0 spiro atoms. The quantitative estimate of drug-likeness (QED) is 0.197. The van der Waals surface area contributed by atoms with E-state index in [9.17, 15) is 15.8 Å². The zero-order chi connectivity index (χ0) is 30.9. The molecular formula is C40H21N5. The molecule has 0 saturated carbocycles. The summed E-state index contributed by atoms with van der Waals surface area (Å²) in [6, 6.07) is 47.8. The van der Waals surface area contributed by atoms with Crippen molar-refractivity contribution in [1.29, 1.82) is 15.8 Å². The molecule has 0 aliphatic heterocycles. The molecule has 0 N–H and O–H groups in total. The van der Waals surface area contributed by atoms with Gasteiger partial charge in [0.25, 0.3) is 0 Å². The summed E-state index contributed by atoms with van der Waals surface area (Å²) in [5, 5.41) is 31.6. The third-order valence-corrected chi connectivity index (χ3v) is 8.16. The Balaban J connectivity index is 1.52. The fraction of sp³-hybridized carbons (Fsp3) is 0. The van der Waals surface area contributed by atoms with Crippen molar-refractivity contribution < 1.29 is 0 Å². The van der Waals surface area contributed by atoms with Crippen LogP contribution in [0, 0.1) is 40.6 Å². The standard InChI is InChI=1S/C40H21N5/c1-44-36-12-6-11-32(25-43)40(36)28-16-20-37-35(21-28)34-19-15-29(39-30(23-41)9-5-10-31(39)24-42)22-38(34)45(37)33-17-13-27(14-18-33)26-7-3-2-4-8-26/h2-22H. The van der Waals surface area contributed by atoms with Gasteiger partial charge in [0.15, 0.2) is 5.69 Å². The zero-order valence-corrected chi connectivity index (χ0v) is 23.9. The highest BCUT2D eigenvalue weighted by Gasteiger charge is 2.19. The van der Waals surface area contributed by atoms with Gasteiger partial charge in [0, 0.05) is 33.2 Å². The van der Waals surface area contributed by atoms with Gasteiger partial charge in [-0.1, -0.05) is 78.9 Å². The highest BCUT2D eigenvalue weighted by Crippen LogP contribution is 2.41. The highest BCUT2D eigenvalue weighted by molar-refractivity contribution is 6.12. The minimum Gasteiger partial charge on any atom is -0.309 e. The van der Waals surface area contributed by atoms with Crippen LogP contribution in [0.25, 0.3) is 65.7 Å². The monoisotopic (exact) mass is 571 g/mol. The highest BCUT2D eigenvalue weighted by atomic mass is 15.0. The summed E-state index contributed by atoms with van der Waals surface area (Å²) in [7, 11) is 0. The second kappa shape index (κ2) is 11.1. The van der Waals surface area contributed by atoms with E-state index in [-0.39, 0.29) is 0 Å². The number of nitrogens with zero attached hydrogens (tertiary/aromatic N) is 5. The largest absolute Gasteiger partial charge is 0.309 e. The molecule has 0 fully saturated rings. The first-order valence-corrected chi connectivity index (χ1v) is 14.2. The number of aromatic nitrogens is 1. The summed E-state index contributed by atoms with van der Waals surface area (Å²) in [6.45, 7) is 7.73. The Hall–Kier alpha value is -6.92. The number of hydrogen-bond donors (Lipinski definition) is 0. The topological polar surface area (TPSA) is 80.7 Å². The number of benzene rings is 6. The molecule has 0 aliphatic carbocycles. The second-order valence-corrected chi connectivity index (χ2v) is 10.6. The minimum absolute atomic E-state index is 0.424. The van der Waals surface area contributed by atoms with Crippen molar-refractivity contribution in [3.05, 3.63) is 156 Å². The molecule has 1 aromatic heterocycles. The third kappa shape index (κ3) is 4.47. The molecule has 0 saturated heterocycles. The third-order valence-electron chi connectivity index (χ3n) is 8.16. The second-order valence-electron chi connectivity index (χ2n) is 10.6. The average molecular weight is 572 g/mol. The Bertz CT molecular complexity index is 2390. The molecular weight excluding hydrogens is 550 g/mol. The molecule has 0 bridgehead atoms. The fourth-order valence-electron chi connectivity index (χ4n) is 6.12. The Morgan fingerprint density at radius 1 is 0.489 bits per heavy atom. The van der Waals surface area contributed by atoms with Gasteiger partial charge in [-0.25, -0.2) is 4.85 Å². The maximum atomic E-state index is 9.90. The summed E-state index contributed by atoms with van der Waals surface area (Å²) in [6.07, 6.45) is 0. The zero-order valence-electron chi connectivity index (χ0n) is 23.9. The van der Waals surface area contributed by atoms with Crippen LogP contribution in [0.1, 0.15) is 16.7 Å². The van der Waals surface area contributed by atoms with E-state index in [0.29, 0.717) is 33.5 Å². The molecule has 7 aromatic rings. The van der Waals surface area contributed by atoms with Crippen LogP contribution >= 0.6 is 0 Å². The van der Waals surface area contributed by atoms with Crippen LogP contribution in [-0.2, 0) is 0 Å². The molecule has 7 rings (SSSR count). The lowest BCUT2D eigenvalue weighted by molar-refractivity contribution is 1.18. The van der Waals surface area contributed by atoms with Gasteiger partial charge < -0.3 is 4.57 Å². The number of hydrogen-bond acceptors (Lipinski definition) is 3. The SMILES string of the molecule is [C-]#[N+]c1cccc(C#N)c1-c1ccc2c(c1)c1ccc(-c3c(C#N)cccc3C#N)cc1n2-c1ccc(-c2ccccc2)cc1. The predicted octanol–water partition coefficient (Wildman–Crippen LogP) is 9.95. The smallest absolute Gasteiger partial charge is 0.196 e. The summed E-state index contributed by atoms with van der Waals surface area (Å²) in [5.74, 6) is 0. The summed E-state index contributed by atoms with van der Waals surface area (Å²) < 4.78 is 2.18. The van der Waals surface area contributed by atoms with Crippen molar-refractivity contribution in [3.8, 4) is 57.3 Å². The van der Waals surface area contributed by atoms with E-state index in [2.05, 4.69) is 64.0 Å². The van der Waals surface area contributed by atoms with Crippen LogP contribution in [-0.4, -0.2) is 4.57 Å². The van der Waals surface area contributed by atoms with Crippen LogP contribution < -0.4 is 0 Å². The van der Waals surface area contributed by atoms with E-state index >= 15 is 0 Å². The summed E-state index contributed by atoms with van der Waals surface area (Å²) >= 11 is 0. The van der Waals surface area contributed by atoms with Crippen LogP contribution in [0.2, 0.25) is 0 Å². The molecule has 1 heterocycles. The van der Waals surface area contributed by atoms with Crippen molar-refractivity contribution in [2.24, 2.45) is 0 Å². The van der Waals surface area contributed by atoms with Crippen molar-refractivity contribution in [3.63, 3.8) is 0 Å². The van der Waals surface area contributed by atoms with E-state index < -0.39 is 0 Å². The molecule has 6 aromatic carbocycles. The van der Waals surface area contributed by atoms with Gasteiger partial charge in [0.2, 0.25) is 0 Å². The van der Waals surface area contributed by atoms with Gasteiger partial charge in [0.1, 0.15) is 0 Å². The van der Waals surface area contributed by atoms with Gasteiger partial charge in [-0.05, 0) is 70.8 Å². The Morgan fingerprint density at radius 2 is 1.07 bits per heavy atom. The number of nitriles is 3. The van der Waals surface area contributed by atoms with Crippen LogP contribution in [0.4, 0.5) is 5.69 Å². The van der Waals surface area contributed by atoms with Crippen LogP contribution in [0.5, 0.6) is 0 Å². The number of fused-ring (bicyclic) bond motifs is 3. The molecule has 5 heteroatoms. The van der Waals surface area contributed by atoms with E-state index in [1.807, 2.05) is 54.6 Å². The van der Waals surface area contributed by atoms with Gasteiger partial charge in [-0.3, -0.25) is 0 Å². The maximum Gasteiger partial charge on any atom is 0.196 e. The number of rotatable bonds is 4. The van der Waals surface area contributed by atoms with E-state index in [1.165, 1.54) is 0 Å². The first-order chi connectivity index (χ1) is 22.1. The molecule has 45 heavy (non-hydrogen) atoms. The molecule has 0 unspecified atom stereocenters. The minimum atomic E-state index is 0.424. The van der Waals surface area contributed by atoms with E-state index in [0.717, 1.165) is 49.7 Å². The first-order valence-electron chi connectivity index (χ1n) is 14.2. The lowest BCUT2D eigenvalue weighted by atomic mass is 9.94. The van der Waals surface area contributed by atoms with Gasteiger partial charge in [0.05, 0.1) is 46.9 Å². The maximum absolute atomic E-state index is 9.90. The van der Waals surface area contributed by atoms with Crippen molar-refractivity contribution in [2.45, 2.75) is 0 Å². The van der Waals surface area contributed by atoms with Crippen molar-refractivity contribution in [1.82, 2.24) is 4.57 Å².